The van der Waals surface area contributed by atoms with Crippen molar-refractivity contribution in [1.82, 2.24) is 4.90 Å². The molecular formula is C29H24Cl4N2O4. The summed E-state index contributed by atoms with van der Waals surface area (Å²) in [6.07, 6.45) is 3.66. The Morgan fingerprint density at radius 2 is 1.13 bits per heavy atom. The van der Waals surface area contributed by atoms with Crippen molar-refractivity contribution in [3.63, 3.8) is 0 Å². The summed E-state index contributed by atoms with van der Waals surface area (Å²) in [5, 5.41) is 1.36. The second kappa shape index (κ2) is 9.34. The summed E-state index contributed by atoms with van der Waals surface area (Å²) < 4.78 is 0. The molecule has 5 aliphatic rings. The molecule has 2 aliphatic heterocycles. The fourth-order valence-corrected chi connectivity index (χ4v) is 8.13. The van der Waals surface area contributed by atoms with Crippen molar-refractivity contribution in [2.75, 3.05) is 11.4 Å². The number of carbonyl (C=O) groups is 4. The van der Waals surface area contributed by atoms with Crippen molar-refractivity contribution in [2.45, 2.75) is 26.7 Å². The highest BCUT2D eigenvalue weighted by molar-refractivity contribution is 6.41. The first kappa shape index (κ1) is 26.8. The van der Waals surface area contributed by atoms with Gasteiger partial charge in [-0.25, -0.2) is 4.90 Å². The summed E-state index contributed by atoms with van der Waals surface area (Å²) in [5.74, 6) is -5.07. The molecule has 6 unspecified atom stereocenters. The van der Waals surface area contributed by atoms with Gasteiger partial charge in [-0.05, 0) is 42.7 Å². The van der Waals surface area contributed by atoms with E-state index in [1.807, 2.05) is 26.0 Å². The van der Waals surface area contributed by atoms with Crippen LogP contribution in [0.4, 0.5) is 5.69 Å². The van der Waals surface area contributed by atoms with Crippen LogP contribution in [0.25, 0.3) is 11.1 Å². The normalized spacial score (nSPS) is 29.2. The molecule has 4 amide bonds. The van der Waals surface area contributed by atoms with Gasteiger partial charge in [0.1, 0.15) is 0 Å². The van der Waals surface area contributed by atoms with Crippen molar-refractivity contribution >= 4 is 75.7 Å². The lowest BCUT2D eigenvalue weighted by Gasteiger charge is -2.44. The predicted octanol–water partition coefficient (Wildman–Crippen LogP) is 6.63. The molecule has 6 nitrogen and oxygen atoms in total. The van der Waals surface area contributed by atoms with Crippen LogP contribution in [0.2, 0.25) is 20.1 Å². The maximum absolute atomic E-state index is 13.8. The number of amides is 4. The van der Waals surface area contributed by atoms with E-state index in [0.717, 1.165) is 10.5 Å². The summed E-state index contributed by atoms with van der Waals surface area (Å²) in [6.45, 7) is 6.04. The molecule has 2 heterocycles. The first-order chi connectivity index (χ1) is 18.5. The van der Waals surface area contributed by atoms with Crippen LogP contribution in [0.15, 0.2) is 36.4 Å². The van der Waals surface area contributed by atoms with Gasteiger partial charge in [-0.1, -0.05) is 72.4 Å². The third-order valence-corrected chi connectivity index (χ3v) is 9.95. The molecule has 0 aromatic heterocycles. The molecule has 2 saturated heterocycles. The zero-order valence-corrected chi connectivity index (χ0v) is 24.3. The largest absolute Gasteiger partial charge is 0.282 e. The second-order valence-electron chi connectivity index (χ2n) is 10.9. The molecule has 7 rings (SSSR count). The zero-order valence-electron chi connectivity index (χ0n) is 21.3. The Balaban J connectivity index is 1.38. The minimum atomic E-state index is -0.742. The monoisotopic (exact) mass is 604 g/mol. The molecule has 1 saturated carbocycles. The quantitative estimate of drug-likeness (QED) is 0.289. The van der Waals surface area contributed by atoms with E-state index in [1.165, 1.54) is 11.0 Å². The Morgan fingerprint density at radius 1 is 0.667 bits per heavy atom. The fourth-order valence-electron chi connectivity index (χ4n) is 6.96. The molecule has 0 spiro atoms. The zero-order chi connectivity index (χ0) is 28.1. The average Bonchev–Trinajstić information content (AvgIpc) is 3.32. The standard InChI is InChI=1S/C29H24Cl4N2O4/c1-4-34-26(36)22-12-5-6-13(23(22)27(34)37)25-24(12)28(38)35(29(25)39)21-10-19(32)16(9-20(21)33)15-8-17(30)14(11(2)3)7-18(15)31/h5-13,22-25H,4H2,1-3H3. The molecule has 2 aromatic rings. The fraction of sp³-hybridized carbons (Fsp3) is 0.379. The van der Waals surface area contributed by atoms with Crippen LogP contribution in [-0.2, 0) is 19.2 Å². The number of carbonyl (C=O) groups excluding carboxylic acids is 4. The maximum atomic E-state index is 13.8. The summed E-state index contributed by atoms with van der Waals surface area (Å²) in [6, 6.07) is 6.58. The summed E-state index contributed by atoms with van der Waals surface area (Å²) in [5.41, 5.74) is 2.14. The van der Waals surface area contributed by atoms with Crippen LogP contribution in [0.3, 0.4) is 0 Å². The number of nitrogens with zero attached hydrogens (tertiary/aromatic N) is 2. The molecule has 2 aromatic carbocycles. The number of anilines is 1. The number of hydrogen-bond acceptors (Lipinski definition) is 4. The number of benzene rings is 2. The lowest BCUT2D eigenvalue weighted by Crippen LogP contribution is -2.50. The van der Waals surface area contributed by atoms with Crippen LogP contribution < -0.4 is 4.90 Å². The molecule has 0 N–H and O–H groups in total. The topological polar surface area (TPSA) is 74.8 Å². The lowest BCUT2D eigenvalue weighted by molar-refractivity contribution is -0.139. The predicted molar refractivity (Wildman–Crippen MR) is 151 cm³/mol. The lowest BCUT2D eigenvalue weighted by atomic mass is 9.54. The minimum Gasteiger partial charge on any atom is -0.282 e. The molecule has 2 bridgehead atoms. The van der Waals surface area contributed by atoms with E-state index in [9.17, 15) is 19.2 Å². The Morgan fingerprint density at radius 3 is 1.62 bits per heavy atom. The van der Waals surface area contributed by atoms with Gasteiger partial charge in [-0.3, -0.25) is 24.1 Å². The number of imide groups is 2. The van der Waals surface area contributed by atoms with Gasteiger partial charge in [0.2, 0.25) is 23.6 Å². The number of allylic oxidation sites excluding steroid dienone is 2. The van der Waals surface area contributed by atoms with Gasteiger partial charge in [0.15, 0.2) is 0 Å². The van der Waals surface area contributed by atoms with Crippen molar-refractivity contribution < 1.29 is 19.2 Å². The smallest absolute Gasteiger partial charge is 0.238 e. The van der Waals surface area contributed by atoms with Gasteiger partial charge in [-0.15, -0.1) is 0 Å². The Kier molecular flexibility index (Phi) is 6.42. The highest BCUT2D eigenvalue weighted by Gasteiger charge is 2.68. The van der Waals surface area contributed by atoms with Crippen LogP contribution in [0, 0.1) is 35.5 Å². The Labute approximate surface area is 245 Å². The van der Waals surface area contributed by atoms with E-state index in [2.05, 4.69) is 0 Å². The van der Waals surface area contributed by atoms with E-state index in [1.54, 1.807) is 25.1 Å². The molecule has 202 valence electrons. The summed E-state index contributed by atoms with van der Waals surface area (Å²) >= 11 is 26.5. The minimum absolute atomic E-state index is 0.139. The van der Waals surface area contributed by atoms with Crippen LogP contribution in [0.5, 0.6) is 0 Å². The number of likely N-dealkylation sites (tertiary alicyclic amines) is 1. The maximum Gasteiger partial charge on any atom is 0.238 e. The van der Waals surface area contributed by atoms with E-state index >= 15 is 0 Å². The van der Waals surface area contributed by atoms with Crippen molar-refractivity contribution in [1.29, 1.82) is 0 Å². The van der Waals surface area contributed by atoms with Crippen molar-refractivity contribution in [3.05, 3.63) is 62.1 Å². The van der Waals surface area contributed by atoms with Crippen molar-refractivity contribution in [2.24, 2.45) is 35.5 Å². The van der Waals surface area contributed by atoms with E-state index in [4.69, 9.17) is 46.4 Å². The number of halogens is 4. The average molecular weight is 606 g/mol. The molecule has 10 heteroatoms. The third kappa shape index (κ3) is 3.68. The number of hydrogen-bond donors (Lipinski definition) is 0. The van der Waals surface area contributed by atoms with Gasteiger partial charge in [0.25, 0.3) is 0 Å². The van der Waals surface area contributed by atoms with E-state index in [-0.39, 0.29) is 40.0 Å². The first-order valence-electron chi connectivity index (χ1n) is 12.9. The first-order valence-corrected chi connectivity index (χ1v) is 14.4. The third-order valence-electron chi connectivity index (χ3n) is 8.69. The molecule has 6 atom stereocenters. The van der Waals surface area contributed by atoms with Crippen LogP contribution in [0.1, 0.15) is 32.3 Å². The second-order valence-corrected chi connectivity index (χ2v) is 12.5. The Hall–Kier alpha value is -2.38. The van der Waals surface area contributed by atoms with Gasteiger partial charge >= 0.3 is 0 Å². The van der Waals surface area contributed by atoms with Crippen LogP contribution >= 0.6 is 46.4 Å². The summed E-state index contributed by atoms with van der Waals surface area (Å²) in [4.78, 5) is 56.1. The van der Waals surface area contributed by atoms with E-state index < -0.39 is 47.3 Å². The van der Waals surface area contributed by atoms with Crippen LogP contribution in [-0.4, -0.2) is 35.1 Å². The molecular weight excluding hydrogens is 582 g/mol. The van der Waals surface area contributed by atoms with Gasteiger partial charge in [-0.2, -0.15) is 0 Å². The highest BCUT2D eigenvalue weighted by atomic mass is 35.5. The van der Waals surface area contributed by atoms with Crippen molar-refractivity contribution in [3.8, 4) is 11.1 Å². The Bertz CT molecular complexity index is 1470. The van der Waals surface area contributed by atoms with Gasteiger partial charge < -0.3 is 0 Å². The number of rotatable bonds is 4. The molecule has 0 radical (unpaired) electrons. The van der Waals surface area contributed by atoms with E-state index in [0.29, 0.717) is 21.2 Å². The van der Waals surface area contributed by atoms with Gasteiger partial charge in [0.05, 0.1) is 39.4 Å². The van der Waals surface area contributed by atoms with Gasteiger partial charge in [0, 0.05) is 39.6 Å². The molecule has 3 aliphatic carbocycles. The summed E-state index contributed by atoms with van der Waals surface area (Å²) in [7, 11) is 0. The highest BCUT2D eigenvalue weighted by Crippen LogP contribution is 2.58. The molecule has 39 heavy (non-hydrogen) atoms. The molecule has 3 fully saturated rings. The SMILES string of the molecule is CCN1C(=O)C2C3C=CC(C2C1=O)C1C(=O)N(c2cc(Cl)c(-c4cc(Cl)c(C(C)C)cc4Cl)cc2Cl)C(=O)C31.